The first-order valence-corrected chi connectivity index (χ1v) is 11.8. The Morgan fingerprint density at radius 3 is 2.10 bits per heavy atom. The molecule has 4 aromatic rings. The predicted octanol–water partition coefficient (Wildman–Crippen LogP) is 6.31. The largest absolute Gasteiger partial charge is 0.348 e. The normalized spacial score (nSPS) is 10.5. The molecule has 0 saturated heterocycles. The molecule has 0 fully saturated rings. The Labute approximate surface area is 207 Å². The lowest BCUT2D eigenvalue weighted by Gasteiger charge is -2.12. The van der Waals surface area contributed by atoms with E-state index in [-0.39, 0.29) is 0 Å². The zero-order valence-electron chi connectivity index (χ0n) is 16.9. The Kier molecular flexibility index (Phi) is 9.72. The van der Waals surface area contributed by atoms with E-state index < -0.39 is 0 Å². The maximum atomic E-state index is 6.16. The third-order valence-electron chi connectivity index (χ3n) is 4.81. The number of hydrogen-bond donors (Lipinski definition) is 1. The van der Waals surface area contributed by atoms with Crippen molar-refractivity contribution in [3.63, 3.8) is 0 Å². The second kappa shape index (κ2) is 12.7. The zero-order chi connectivity index (χ0) is 21.9. The van der Waals surface area contributed by atoms with Gasteiger partial charge in [0.15, 0.2) is 0 Å². The van der Waals surface area contributed by atoms with Crippen molar-refractivity contribution in [2.24, 2.45) is 0 Å². The molecule has 0 spiro atoms. The average Bonchev–Trinajstić information content (AvgIpc) is 3.32. The summed E-state index contributed by atoms with van der Waals surface area (Å²) in [5, 5.41) is 0.824. The third-order valence-corrected chi connectivity index (χ3v) is 6.65. The van der Waals surface area contributed by atoms with Crippen LogP contribution in [0, 0.1) is 3.57 Å². The van der Waals surface area contributed by atoms with Gasteiger partial charge < -0.3 is 4.98 Å². The summed E-state index contributed by atoms with van der Waals surface area (Å²) in [5.41, 5.74) is 5.36. The molecule has 0 atom stereocenters. The van der Waals surface area contributed by atoms with E-state index in [0.29, 0.717) is 6.71 Å². The van der Waals surface area contributed by atoms with E-state index in [0.717, 1.165) is 32.7 Å². The van der Waals surface area contributed by atoms with Crippen molar-refractivity contribution in [1.82, 2.24) is 9.97 Å². The van der Waals surface area contributed by atoms with Gasteiger partial charge in [-0.2, -0.15) is 0 Å². The third kappa shape index (κ3) is 7.27. The van der Waals surface area contributed by atoms with E-state index in [4.69, 9.17) is 23.2 Å². The summed E-state index contributed by atoms with van der Waals surface area (Å²) >= 11 is 14.0. The summed E-state index contributed by atoms with van der Waals surface area (Å²) in [4.78, 5) is 7.23. The Hall–Kier alpha value is -2.02. The van der Waals surface area contributed by atoms with Gasteiger partial charge in [-0.15, -0.1) is 0 Å². The molecule has 0 bridgehead atoms. The Morgan fingerprint density at radius 1 is 0.903 bits per heavy atom. The van der Waals surface area contributed by atoms with E-state index in [1.807, 2.05) is 42.6 Å². The molecule has 6 heteroatoms. The fourth-order valence-electron chi connectivity index (χ4n) is 3.28. The van der Waals surface area contributed by atoms with Crippen molar-refractivity contribution in [3.05, 3.63) is 123 Å². The molecule has 0 amide bonds. The fraction of sp³-hybridized carbons (Fsp3) is 0.0800. The van der Waals surface area contributed by atoms with Gasteiger partial charge in [0, 0.05) is 22.4 Å². The molecule has 1 N–H and O–H groups in total. The monoisotopic (exact) mass is 558 g/mol. The highest BCUT2D eigenvalue weighted by atomic mass is 127. The molecule has 0 aliphatic rings. The highest BCUT2D eigenvalue weighted by Gasteiger charge is 2.16. The molecule has 0 radical (unpaired) electrons. The number of aromatic amines is 1. The van der Waals surface area contributed by atoms with E-state index in [1.54, 1.807) is 11.7 Å². The van der Waals surface area contributed by atoms with Crippen molar-refractivity contribution < 1.29 is 0 Å². The van der Waals surface area contributed by atoms with Gasteiger partial charge in [-0.05, 0) is 46.1 Å². The van der Waals surface area contributed by atoms with E-state index >= 15 is 0 Å². The quantitative estimate of drug-likeness (QED) is 0.218. The number of allylic oxidation sites excluding steroid dienone is 1. The molecule has 1 heterocycles. The SMILES string of the molecule is ClC=CCB(c1ccccc1)c1ccccc1.Clc1c(I)cccc1Cc1ncc[nH]1. The van der Waals surface area contributed by atoms with Crippen molar-refractivity contribution >= 4 is 63.4 Å². The first-order valence-electron chi connectivity index (χ1n) is 9.95. The van der Waals surface area contributed by atoms with Crippen LogP contribution in [0.4, 0.5) is 0 Å². The number of nitrogens with zero attached hydrogens (tertiary/aromatic N) is 1. The van der Waals surface area contributed by atoms with Gasteiger partial charge in [0.1, 0.15) is 5.82 Å². The lowest BCUT2D eigenvalue weighted by molar-refractivity contribution is 1.02. The van der Waals surface area contributed by atoms with Crippen LogP contribution in [-0.4, -0.2) is 16.7 Å². The molecular weight excluding hydrogens is 537 g/mol. The van der Waals surface area contributed by atoms with Crippen LogP contribution in [0.25, 0.3) is 0 Å². The standard InChI is InChI=1S/C15H14BCl.C10H8ClIN2/c17-13-7-12-16(14-8-3-1-4-9-14)15-10-5-2-6-11-15;11-10-7(2-1-3-8(10)12)6-9-13-4-5-14-9/h1-11,13H,12H2;1-5H,6H2,(H,13,14). The van der Waals surface area contributed by atoms with Crippen LogP contribution >= 0.6 is 45.8 Å². The number of halogens is 3. The van der Waals surface area contributed by atoms with Crippen LogP contribution in [0.2, 0.25) is 11.3 Å². The van der Waals surface area contributed by atoms with Crippen LogP contribution in [0.1, 0.15) is 11.4 Å². The van der Waals surface area contributed by atoms with Gasteiger partial charge >= 0.3 is 0 Å². The molecule has 156 valence electrons. The first-order chi connectivity index (χ1) is 15.2. The molecular formula is C25H22BCl2IN2. The Balaban J connectivity index is 0.000000179. The van der Waals surface area contributed by atoms with Crippen molar-refractivity contribution in [2.75, 3.05) is 0 Å². The molecule has 2 nitrogen and oxygen atoms in total. The van der Waals surface area contributed by atoms with Gasteiger partial charge in [0.2, 0.25) is 6.71 Å². The number of H-pyrrole nitrogens is 1. The van der Waals surface area contributed by atoms with Crippen molar-refractivity contribution in [3.8, 4) is 0 Å². The molecule has 31 heavy (non-hydrogen) atoms. The maximum absolute atomic E-state index is 6.16. The number of hydrogen-bond acceptors (Lipinski definition) is 1. The summed E-state index contributed by atoms with van der Waals surface area (Å²) < 4.78 is 1.08. The van der Waals surface area contributed by atoms with E-state index in [1.165, 1.54) is 10.9 Å². The van der Waals surface area contributed by atoms with E-state index in [2.05, 4.69) is 81.1 Å². The average molecular weight is 559 g/mol. The van der Waals surface area contributed by atoms with Gasteiger partial charge in [-0.1, -0.05) is 113 Å². The van der Waals surface area contributed by atoms with Crippen molar-refractivity contribution in [2.45, 2.75) is 12.7 Å². The Morgan fingerprint density at radius 2 is 1.55 bits per heavy atom. The smallest absolute Gasteiger partial charge is 0.213 e. The summed E-state index contributed by atoms with van der Waals surface area (Å²) in [6.07, 6.45) is 7.25. The highest BCUT2D eigenvalue weighted by molar-refractivity contribution is 14.1. The highest BCUT2D eigenvalue weighted by Crippen LogP contribution is 2.23. The van der Waals surface area contributed by atoms with Gasteiger partial charge in [0.05, 0.1) is 5.02 Å². The predicted molar refractivity (Wildman–Crippen MR) is 143 cm³/mol. The summed E-state index contributed by atoms with van der Waals surface area (Å²) in [5.74, 6) is 0.939. The van der Waals surface area contributed by atoms with Gasteiger partial charge in [-0.25, -0.2) is 4.98 Å². The summed E-state index contributed by atoms with van der Waals surface area (Å²) in [7, 11) is 0. The summed E-state index contributed by atoms with van der Waals surface area (Å²) in [6.45, 7) is 0.382. The minimum Gasteiger partial charge on any atom is -0.348 e. The lowest BCUT2D eigenvalue weighted by Crippen LogP contribution is -2.41. The summed E-state index contributed by atoms with van der Waals surface area (Å²) in [6, 6.07) is 27.1. The lowest BCUT2D eigenvalue weighted by atomic mass is 9.39. The Bertz CT molecular complexity index is 1030. The number of benzene rings is 3. The number of aromatic nitrogens is 2. The van der Waals surface area contributed by atoms with Crippen molar-refractivity contribution in [1.29, 1.82) is 0 Å². The van der Waals surface area contributed by atoms with Crippen LogP contribution in [0.5, 0.6) is 0 Å². The number of nitrogens with one attached hydrogen (secondary N) is 1. The minimum atomic E-state index is 0.382. The second-order valence-corrected chi connectivity index (χ2v) is 8.69. The number of rotatable bonds is 6. The fourth-order valence-corrected chi connectivity index (χ4v) is 4.13. The molecule has 3 aromatic carbocycles. The molecule has 0 aliphatic carbocycles. The molecule has 0 aliphatic heterocycles. The van der Waals surface area contributed by atoms with E-state index in [9.17, 15) is 0 Å². The number of imidazole rings is 1. The molecule has 1 aromatic heterocycles. The molecule has 4 rings (SSSR count). The minimum absolute atomic E-state index is 0.382. The van der Waals surface area contributed by atoms with Crippen LogP contribution < -0.4 is 10.9 Å². The van der Waals surface area contributed by atoms with Gasteiger partial charge in [-0.3, -0.25) is 0 Å². The van der Waals surface area contributed by atoms with Crippen LogP contribution in [0.15, 0.2) is 103 Å². The molecule has 0 saturated carbocycles. The van der Waals surface area contributed by atoms with Gasteiger partial charge in [0.25, 0.3) is 0 Å². The van der Waals surface area contributed by atoms with Crippen LogP contribution in [-0.2, 0) is 6.42 Å². The topological polar surface area (TPSA) is 28.7 Å². The first kappa shape index (κ1) is 23.6. The zero-order valence-corrected chi connectivity index (χ0v) is 20.6. The second-order valence-electron chi connectivity index (χ2n) is 6.90. The maximum Gasteiger partial charge on any atom is 0.213 e. The molecule has 0 unspecified atom stereocenters. The van der Waals surface area contributed by atoms with Crippen LogP contribution in [0.3, 0.4) is 0 Å².